The SMILES string of the molecule is [CH2+]CCCCCCCC#CCCCCCCCCCCCC. The molecule has 0 aromatic rings. The standard InChI is InChI=1S/C22H41/c1-3-5-7-9-11-13-15-17-19-21-22-20-18-16-14-12-10-8-6-4-2/h1,3-16,18,20-22H2,2H3/q+1. The summed E-state index contributed by atoms with van der Waals surface area (Å²) in [6.45, 7) is 6.16. The van der Waals surface area contributed by atoms with Crippen LogP contribution in [-0.4, -0.2) is 0 Å². The summed E-state index contributed by atoms with van der Waals surface area (Å²) >= 11 is 0. The zero-order valence-corrected chi connectivity index (χ0v) is 15.4. The van der Waals surface area contributed by atoms with Crippen molar-refractivity contribution in [2.75, 3.05) is 0 Å². The van der Waals surface area contributed by atoms with Gasteiger partial charge >= 0.3 is 0 Å². The Labute approximate surface area is 141 Å². The molecule has 22 heavy (non-hydrogen) atoms. The summed E-state index contributed by atoms with van der Waals surface area (Å²) in [5.74, 6) is 6.70. The van der Waals surface area contributed by atoms with Crippen LogP contribution in [0.5, 0.6) is 0 Å². The molecule has 0 rings (SSSR count). The molecule has 0 spiro atoms. The Hall–Kier alpha value is -0.570. The van der Waals surface area contributed by atoms with Crippen LogP contribution in [0.1, 0.15) is 122 Å². The van der Waals surface area contributed by atoms with Crippen LogP contribution in [0.25, 0.3) is 0 Å². The molecule has 0 saturated carbocycles. The summed E-state index contributed by atoms with van der Waals surface area (Å²) in [7, 11) is 0. The molecule has 0 saturated heterocycles. The Morgan fingerprint density at radius 3 is 1.27 bits per heavy atom. The summed E-state index contributed by atoms with van der Waals surface area (Å²) in [6.07, 6.45) is 24.1. The van der Waals surface area contributed by atoms with Crippen molar-refractivity contribution in [3.63, 3.8) is 0 Å². The van der Waals surface area contributed by atoms with Crippen LogP contribution in [0.4, 0.5) is 0 Å². The minimum absolute atomic E-state index is 1.10. The van der Waals surface area contributed by atoms with Crippen LogP contribution in [0.3, 0.4) is 0 Å². The molecule has 0 heterocycles. The highest BCUT2D eigenvalue weighted by Gasteiger charge is 1.92. The first-order valence-electron chi connectivity index (χ1n) is 10.2. The second-order valence-corrected chi connectivity index (χ2v) is 6.66. The molecule has 0 bridgehead atoms. The molecule has 0 aromatic heterocycles. The van der Waals surface area contributed by atoms with Crippen LogP contribution in [0, 0.1) is 18.8 Å². The summed E-state index contributed by atoms with van der Waals surface area (Å²) in [4.78, 5) is 0. The van der Waals surface area contributed by atoms with Crippen molar-refractivity contribution in [3.05, 3.63) is 6.92 Å². The molecule has 128 valence electrons. The third-order valence-electron chi connectivity index (χ3n) is 4.33. The van der Waals surface area contributed by atoms with Gasteiger partial charge in [0.1, 0.15) is 0 Å². The fourth-order valence-corrected chi connectivity index (χ4v) is 2.80. The molecule has 0 aliphatic rings. The van der Waals surface area contributed by atoms with Crippen molar-refractivity contribution < 1.29 is 0 Å². The van der Waals surface area contributed by atoms with Gasteiger partial charge in [-0.1, -0.05) is 77.6 Å². The first-order valence-corrected chi connectivity index (χ1v) is 10.2. The lowest BCUT2D eigenvalue weighted by atomic mass is 10.1. The molecule has 0 aliphatic heterocycles. The highest BCUT2D eigenvalue weighted by molar-refractivity contribution is 4.98. The fourth-order valence-electron chi connectivity index (χ4n) is 2.80. The first kappa shape index (κ1) is 21.4. The van der Waals surface area contributed by atoms with E-state index < -0.39 is 0 Å². The first-order chi connectivity index (χ1) is 10.9. The van der Waals surface area contributed by atoms with Crippen LogP contribution in [0.2, 0.25) is 0 Å². The maximum Gasteiger partial charge on any atom is 0.0850 e. The molecule has 0 heteroatoms. The van der Waals surface area contributed by atoms with Crippen molar-refractivity contribution in [2.24, 2.45) is 0 Å². The van der Waals surface area contributed by atoms with E-state index >= 15 is 0 Å². The molecule has 0 nitrogen and oxygen atoms in total. The minimum atomic E-state index is 1.10. The lowest BCUT2D eigenvalue weighted by molar-refractivity contribution is 0.558. The van der Waals surface area contributed by atoms with Gasteiger partial charge in [0.05, 0.1) is 13.3 Å². The lowest BCUT2D eigenvalue weighted by Gasteiger charge is -2.00. The summed E-state index contributed by atoms with van der Waals surface area (Å²) in [6, 6.07) is 0. The highest BCUT2D eigenvalue weighted by atomic mass is 14.0. The van der Waals surface area contributed by atoms with Crippen molar-refractivity contribution in [1.82, 2.24) is 0 Å². The zero-order chi connectivity index (χ0) is 16.1. The average molecular weight is 306 g/mol. The van der Waals surface area contributed by atoms with E-state index in [2.05, 4.69) is 25.7 Å². The quantitative estimate of drug-likeness (QED) is 0.155. The van der Waals surface area contributed by atoms with E-state index in [4.69, 9.17) is 0 Å². The van der Waals surface area contributed by atoms with E-state index in [9.17, 15) is 0 Å². The van der Waals surface area contributed by atoms with Gasteiger partial charge in [-0.05, 0) is 25.7 Å². The van der Waals surface area contributed by atoms with E-state index in [0.717, 1.165) is 19.3 Å². The molecule has 0 amide bonds. The molecule has 0 atom stereocenters. The second-order valence-electron chi connectivity index (χ2n) is 6.66. The van der Waals surface area contributed by atoms with Gasteiger partial charge in [0.15, 0.2) is 0 Å². The predicted molar refractivity (Wildman–Crippen MR) is 102 cm³/mol. The number of hydrogen-bond acceptors (Lipinski definition) is 0. The van der Waals surface area contributed by atoms with Crippen molar-refractivity contribution in [2.45, 2.75) is 122 Å². The Bertz CT molecular complexity index is 242. The van der Waals surface area contributed by atoms with Gasteiger partial charge in [-0.3, -0.25) is 0 Å². The molecule has 0 unspecified atom stereocenters. The van der Waals surface area contributed by atoms with Gasteiger partial charge in [0, 0.05) is 12.8 Å². The zero-order valence-electron chi connectivity index (χ0n) is 15.4. The van der Waals surface area contributed by atoms with E-state index in [1.165, 1.54) is 96.3 Å². The van der Waals surface area contributed by atoms with Gasteiger partial charge in [-0.15, -0.1) is 11.8 Å². The molecular formula is C22H41+. The summed E-state index contributed by atoms with van der Waals surface area (Å²) in [5.41, 5.74) is 0. The van der Waals surface area contributed by atoms with Crippen molar-refractivity contribution in [1.29, 1.82) is 0 Å². The molecule has 0 aliphatic carbocycles. The van der Waals surface area contributed by atoms with Crippen LogP contribution >= 0.6 is 0 Å². The topological polar surface area (TPSA) is 0 Å². The van der Waals surface area contributed by atoms with Gasteiger partial charge in [0.25, 0.3) is 0 Å². The molecule has 0 N–H and O–H groups in total. The van der Waals surface area contributed by atoms with Crippen LogP contribution in [0.15, 0.2) is 0 Å². The number of unbranched alkanes of at least 4 members (excludes halogenated alkanes) is 16. The van der Waals surface area contributed by atoms with E-state index in [-0.39, 0.29) is 0 Å². The van der Waals surface area contributed by atoms with Gasteiger partial charge in [0.2, 0.25) is 0 Å². The average Bonchev–Trinajstić information content (AvgIpc) is 2.54. The van der Waals surface area contributed by atoms with E-state index in [1.807, 2.05) is 0 Å². The van der Waals surface area contributed by atoms with E-state index in [1.54, 1.807) is 0 Å². The number of hydrogen-bond donors (Lipinski definition) is 0. The second kappa shape index (κ2) is 20.4. The van der Waals surface area contributed by atoms with Gasteiger partial charge in [-0.25, -0.2) is 0 Å². The van der Waals surface area contributed by atoms with Crippen molar-refractivity contribution >= 4 is 0 Å². The van der Waals surface area contributed by atoms with E-state index in [0.29, 0.717) is 0 Å². The van der Waals surface area contributed by atoms with Gasteiger partial charge < -0.3 is 0 Å². The normalized spacial score (nSPS) is 10.4. The maximum absolute atomic E-state index is 3.88. The Morgan fingerprint density at radius 1 is 0.500 bits per heavy atom. The monoisotopic (exact) mass is 305 g/mol. The molecule has 0 fully saturated rings. The van der Waals surface area contributed by atoms with Crippen LogP contribution < -0.4 is 0 Å². The molecule has 0 radical (unpaired) electrons. The Morgan fingerprint density at radius 2 is 0.864 bits per heavy atom. The highest BCUT2D eigenvalue weighted by Crippen LogP contribution is 2.11. The van der Waals surface area contributed by atoms with Gasteiger partial charge in [-0.2, -0.15) is 0 Å². The smallest absolute Gasteiger partial charge is 0.0850 e. The predicted octanol–water partition coefficient (Wildman–Crippen LogP) is 7.87. The Kier molecular flexibility index (Phi) is 19.9. The third kappa shape index (κ3) is 19.4. The largest absolute Gasteiger partial charge is 0.103 e. The lowest BCUT2D eigenvalue weighted by Crippen LogP contribution is -1.81. The number of rotatable bonds is 16. The van der Waals surface area contributed by atoms with Crippen molar-refractivity contribution in [3.8, 4) is 11.8 Å². The summed E-state index contributed by atoms with van der Waals surface area (Å²) < 4.78 is 0. The Balaban J connectivity index is 3.06. The third-order valence-corrected chi connectivity index (χ3v) is 4.33. The molecular weight excluding hydrogens is 264 g/mol. The summed E-state index contributed by atoms with van der Waals surface area (Å²) in [5, 5.41) is 0. The maximum atomic E-state index is 3.88. The van der Waals surface area contributed by atoms with Crippen LogP contribution in [-0.2, 0) is 0 Å². The minimum Gasteiger partial charge on any atom is -0.103 e. The fraction of sp³-hybridized carbons (Fsp3) is 0.864. The molecule has 0 aromatic carbocycles.